The first kappa shape index (κ1) is 20.7. The van der Waals surface area contributed by atoms with E-state index < -0.39 is 11.5 Å². The highest BCUT2D eigenvalue weighted by Crippen LogP contribution is 2.30. The molecular weight excluding hydrogens is 419 g/mol. The van der Waals surface area contributed by atoms with Crippen LogP contribution in [0.25, 0.3) is 5.69 Å². The monoisotopic (exact) mass is 434 g/mol. The molecule has 0 bridgehead atoms. The Kier molecular flexibility index (Phi) is 6.07. The summed E-state index contributed by atoms with van der Waals surface area (Å²) in [5.74, 6) is -0.796. The lowest BCUT2D eigenvalue weighted by atomic mass is 10.1. The molecule has 0 aliphatic carbocycles. The molecular formula is C19H16Cl2N4O4. The Balaban J connectivity index is 2.09. The zero-order valence-electron chi connectivity index (χ0n) is 15.1. The number of aliphatic hydroxyl groups is 1. The third-order valence-electron chi connectivity index (χ3n) is 4.13. The molecule has 0 atom stereocenters. The molecule has 0 saturated carbocycles. The van der Waals surface area contributed by atoms with E-state index in [1.165, 1.54) is 7.11 Å². The number of nitrogens with one attached hydrogen (secondary N) is 1. The molecule has 0 fully saturated rings. The number of aromatic nitrogens is 2. The van der Waals surface area contributed by atoms with Gasteiger partial charge in [-0.25, -0.2) is 4.98 Å². The smallest absolute Gasteiger partial charge is 0.273 e. The summed E-state index contributed by atoms with van der Waals surface area (Å²) in [7, 11) is 1.40. The summed E-state index contributed by atoms with van der Waals surface area (Å²) in [5, 5.41) is 12.4. The summed E-state index contributed by atoms with van der Waals surface area (Å²) in [6, 6.07) is 9.55. The Labute approximate surface area is 175 Å². The highest BCUT2D eigenvalue weighted by atomic mass is 35.5. The number of halogens is 2. The number of nitrogens with two attached hydrogens (primary N) is 1. The number of methoxy groups -OCH3 is 1. The lowest BCUT2D eigenvalue weighted by molar-refractivity contribution is 0.102. The number of aliphatic hydroxyl groups excluding tert-OH is 1. The number of para-hydroxylation sites is 2. The number of amides is 1. The molecule has 3 aromatic rings. The van der Waals surface area contributed by atoms with Crippen molar-refractivity contribution >= 4 is 40.6 Å². The van der Waals surface area contributed by atoms with Crippen LogP contribution in [0.15, 0.2) is 47.5 Å². The maximum Gasteiger partial charge on any atom is 0.273 e. The second kappa shape index (κ2) is 8.52. The van der Waals surface area contributed by atoms with Crippen molar-refractivity contribution in [1.29, 1.82) is 0 Å². The number of ether oxygens (including phenoxy) is 1. The fraction of sp³-hybridized carbons (Fsp3) is 0.105. The zero-order chi connectivity index (χ0) is 21.1. The van der Waals surface area contributed by atoms with E-state index in [4.69, 9.17) is 33.7 Å². The van der Waals surface area contributed by atoms with Crippen LogP contribution in [0.1, 0.15) is 15.9 Å². The zero-order valence-corrected chi connectivity index (χ0v) is 16.7. The molecule has 29 heavy (non-hydrogen) atoms. The Morgan fingerprint density at radius 1 is 1.24 bits per heavy atom. The molecule has 0 spiro atoms. The molecule has 3 rings (SSSR count). The van der Waals surface area contributed by atoms with E-state index in [1.54, 1.807) is 36.4 Å². The molecule has 1 amide bonds. The molecule has 8 nitrogen and oxygen atoms in total. The van der Waals surface area contributed by atoms with Crippen molar-refractivity contribution in [2.45, 2.75) is 6.61 Å². The number of benzene rings is 2. The van der Waals surface area contributed by atoms with Gasteiger partial charge < -0.3 is 20.9 Å². The van der Waals surface area contributed by atoms with Crippen molar-refractivity contribution in [3.63, 3.8) is 0 Å². The number of nitrogen functional groups attached to an aromatic ring is 1. The summed E-state index contributed by atoms with van der Waals surface area (Å²) in [5.41, 5.74) is 5.57. The maximum absolute atomic E-state index is 13.0. The number of carbonyl (C=O) groups is 1. The standard InChI is InChI=1S/C19H16Cl2N4O4/c1-29-16-10(8-26)4-2-7-13(16)24-18(27)14-17(22)23-9-25(19(14)28)15-11(20)5-3-6-12(15)21/h2-7,9,26H,8,22H2,1H3,(H,24,27). The SMILES string of the molecule is COc1c(CO)cccc1NC(=O)c1c(N)ncn(-c2c(Cl)cccc2Cl)c1=O. The molecule has 0 aliphatic rings. The van der Waals surface area contributed by atoms with Gasteiger partial charge in [-0.2, -0.15) is 0 Å². The Bertz CT molecular complexity index is 1130. The molecule has 0 radical (unpaired) electrons. The van der Waals surface area contributed by atoms with Crippen molar-refractivity contribution in [3.8, 4) is 11.4 Å². The summed E-state index contributed by atoms with van der Waals surface area (Å²) in [6.07, 6.45) is 1.15. The van der Waals surface area contributed by atoms with Crippen molar-refractivity contribution in [2.24, 2.45) is 0 Å². The molecule has 150 valence electrons. The van der Waals surface area contributed by atoms with E-state index in [2.05, 4.69) is 10.3 Å². The fourth-order valence-electron chi connectivity index (χ4n) is 2.79. The number of hydrogen-bond acceptors (Lipinski definition) is 6. The third-order valence-corrected chi connectivity index (χ3v) is 4.74. The van der Waals surface area contributed by atoms with Crippen LogP contribution < -0.4 is 21.3 Å². The lowest BCUT2D eigenvalue weighted by Gasteiger charge is -2.15. The fourth-order valence-corrected chi connectivity index (χ4v) is 3.37. The predicted octanol–water partition coefficient (Wildman–Crippen LogP) is 2.87. The summed E-state index contributed by atoms with van der Waals surface area (Å²) in [4.78, 5) is 29.8. The number of rotatable bonds is 5. The van der Waals surface area contributed by atoms with Crippen LogP contribution in [-0.2, 0) is 6.61 Å². The highest BCUT2D eigenvalue weighted by Gasteiger charge is 2.22. The van der Waals surface area contributed by atoms with Crippen LogP contribution in [0, 0.1) is 0 Å². The average Bonchev–Trinajstić information content (AvgIpc) is 2.69. The molecule has 0 saturated heterocycles. The average molecular weight is 435 g/mol. The van der Waals surface area contributed by atoms with Crippen LogP contribution in [0.5, 0.6) is 5.75 Å². The van der Waals surface area contributed by atoms with Gasteiger partial charge in [0.15, 0.2) is 0 Å². The maximum atomic E-state index is 13.0. The van der Waals surface area contributed by atoms with Gasteiger partial charge in [-0.05, 0) is 18.2 Å². The van der Waals surface area contributed by atoms with E-state index in [0.29, 0.717) is 5.56 Å². The van der Waals surface area contributed by atoms with Crippen molar-refractivity contribution < 1.29 is 14.6 Å². The van der Waals surface area contributed by atoms with Gasteiger partial charge in [0.05, 0.1) is 35.1 Å². The van der Waals surface area contributed by atoms with Crippen molar-refractivity contribution in [2.75, 3.05) is 18.2 Å². The van der Waals surface area contributed by atoms with E-state index in [1.807, 2.05) is 0 Å². The van der Waals surface area contributed by atoms with Crippen molar-refractivity contribution in [1.82, 2.24) is 9.55 Å². The Hall–Kier alpha value is -3.07. The summed E-state index contributed by atoms with van der Waals surface area (Å²) >= 11 is 12.3. The summed E-state index contributed by atoms with van der Waals surface area (Å²) in [6.45, 7) is -0.292. The molecule has 0 unspecified atom stereocenters. The minimum atomic E-state index is -0.800. The van der Waals surface area contributed by atoms with Crippen LogP contribution in [0.3, 0.4) is 0 Å². The predicted molar refractivity (Wildman–Crippen MR) is 111 cm³/mol. The first-order valence-electron chi connectivity index (χ1n) is 8.28. The van der Waals surface area contributed by atoms with Gasteiger partial charge in [0.2, 0.25) is 0 Å². The van der Waals surface area contributed by atoms with Gasteiger partial charge in [0.25, 0.3) is 11.5 Å². The largest absolute Gasteiger partial charge is 0.494 e. The number of hydrogen-bond donors (Lipinski definition) is 3. The van der Waals surface area contributed by atoms with Crippen LogP contribution in [0.2, 0.25) is 10.0 Å². The van der Waals surface area contributed by atoms with Gasteiger partial charge in [-0.15, -0.1) is 0 Å². The van der Waals surface area contributed by atoms with Crippen molar-refractivity contribution in [3.05, 3.63) is 74.3 Å². The van der Waals surface area contributed by atoms with E-state index in [-0.39, 0.29) is 45.2 Å². The Morgan fingerprint density at radius 3 is 2.52 bits per heavy atom. The lowest BCUT2D eigenvalue weighted by Crippen LogP contribution is -2.31. The van der Waals surface area contributed by atoms with Gasteiger partial charge >= 0.3 is 0 Å². The molecule has 1 aromatic heterocycles. The number of carbonyl (C=O) groups excluding carboxylic acids is 1. The molecule has 2 aromatic carbocycles. The van der Waals surface area contributed by atoms with Crippen LogP contribution in [0.4, 0.5) is 11.5 Å². The third kappa shape index (κ3) is 3.91. The van der Waals surface area contributed by atoms with Crippen LogP contribution in [-0.4, -0.2) is 27.7 Å². The van der Waals surface area contributed by atoms with E-state index >= 15 is 0 Å². The minimum Gasteiger partial charge on any atom is -0.494 e. The Morgan fingerprint density at radius 2 is 1.90 bits per heavy atom. The number of anilines is 2. The minimum absolute atomic E-state index is 0.183. The van der Waals surface area contributed by atoms with E-state index in [0.717, 1.165) is 10.9 Å². The van der Waals surface area contributed by atoms with Crippen LogP contribution >= 0.6 is 23.2 Å². The second-order valence-electron chi connectivity index (χ2n) is 5.86. The van der Waals surface area contributed by atoms with Gasteiger partial charge in [-0.3, -0.25) is 14.2 Å². The van der Waals surface area contributed by atoms with Gasteiger partial charge in [0, 0.05) is 5.56 Å². The molecule has 10 heteroatoms. The normalized spacial score (nSPS) is 10.6. The second-order valence-corrected chi connectivity index (χ2v) is 6.67. The molecule has 1 heterocycles. The first-order valence-corrected chi connectivity index (χ1v) is 9.04. The quantitative estimate of drug-likeness (QED) is 0.567. The van der Waals surface area contributed by atoms with Gasteiger partial charge in [0.1, 0.15) is 23.5 Å². The van der Waals surface area contributed by atoms with E-state index in [9.17, 15) is 14.7 Å². The number of nitrogens with zero attached hydrogens (tertiary/aromatic N) is 2. The highest BCUT2D eigenvalue weighted by molar-refractivity contribution is 6.37. The first-order chi connectivity index (χ1) is 13.9. The molecule has 4 N–H and O–H groups in total. The molecule has 0 aliphatic heterocycles. The summed E-state index contributed by atoms with van der Waals surface area (Å²) < 4.78 is 6.30. The van der Waals surface area contributed by atoms with Gasteiger partial charge in [-0.1, -0.05) is 41.4 Å². The topological polar surface area (TPSA) is 119 Å².